The smallest absolute Gasteiger partial charge is 0.260 e. The average Bonchev–Trinajstić information content (AvgIpc) is 3.26. The Bertz CT molecular complexity index is 1430. The minimum absolute atomic E-state index is 0.137. The lowest BCUT2D eigenvalue weighted by Crippen LogP contribution is -2.31. The van der Waals surface area contributed by atoms with E-state index in [0.29, 0.717) is 16.4 Å². The van der Waals surface area contributed by atoms with E-state index in [9.17, 15) is 13.2 Å². The number of nitrogens with zero attached hydrogens (tertiary/aromatic N) is 3. The van der Waals surface area contributed by atoms with Crippen LogP contribution in [0.25, 0.3) is 10.2 Å². The van der Waals surface area contributed by atoms with Crippen LogP contribution in [0.3, 0.4) is 0 Å². The number of hydrogen-bond donors (Lipinski definition) is 0. The quantitative estimate of drug-likeness (QED) is 0.323. The van der Waals surface area contributed by atoms with E-state index in [2.05, 4.69) is 24.9 Å². The van der Waals surface area contributed by atoms with Crippen LogP contribution in [0.5, 0.6) is 0 Å². The Balaban J connectivity index is 1.81. The van der Waals surface area contributed by atoms with Gasteiger partial charge in [-0.1, -0.05) is 49.4 Å². The number of para-hydroxylation sites is 1. The normalized spacial score (nSPS) is 11.9. The number of benzene rings is 2. The number of hydrogen-bond acceptors (Lipinski definition) is 6. The van der Waals surface area contributed by atoms with Crippen molar-refractivity contribution in [2.75, 3.05) is 4.90 Å². The topological polar surface area (TPSA) is 80.2 Å². The minimum atomic E-state index is -3.51. The second kappa shape index (κ2) is 9.64. The Kier molecular flexibility index (Phi) is 6.81. The number of pyridine rings is 1. The zero-order valence-corrected chi connectivity index (χ0v) is 21.2. The summed E-state index contributed by atoms with van der Waals surface area (Å²) in [5.41, 5.74) is 3.01. The number of thiazole rings is 1. The molecular weight excluding hydrogens is 466 g/mol. The number of anilines is 1. The fourth-order valence-corrected chi connectivity index (χ4v) is 5.76. The van der Waals surface area contributed by atoms with Crippen molar-refractivity contribution in [3.63, 3.8) is 0 Å². The van der Waals surface area contributed by atoms with E-state index in [-0.39, 0.29) is 23.3 Å². The van der Waals surface area contributed by atoms with Gasteiger partial charge in [-0.2, -0.15) is 0 Å². The molecule has 0 aliphatic rings. The molecule has 4 rings (SSSR count). The highest BCUT2D eigenvalue weighted by atomic mass is 32.2. The van der Waals surface area contributed by atoms with Gasteiger partial charge in [-0.15, -0.1) is 0 Å². The second-order valence-corrected chi connectivity index (χ2v) is 12.2. The van der Waals surface area contributed by atoms with Crippen LogP contribution in [0, 0.1) is 0 Å². The average molecular weight is 494 g/mol. The van der Waals surface area contributed by atoms with E-state index in [1.165, 1.54) is 23.5 Å². The van der Waals surface area contributed by atoms with Gasteiger partial charge in [-0.05, 0) is 61.7 Å². The fraction of sp³-hybridized carbons (Fsp3) is 0.269. The highest BCUT2D eigenvalue weighted by Crippen LogP contribution is 2.35. The molecule has 176 valence electrons. The number of carbonyl (C=O) groups is 1. The van der Waals surface area contributed by atoms with Crippen LogP contribution < -0.4 is 4.90 Å². The van der Waals surface area contributed by atoms with Crippen molar-refractivity contribution in [3.05, 3.63) is 83.7 Å². The molecule has 6 nitrogen and oxygen atoms in total. The van der Waals surface area contributed by atoms with E-state index < -0.39 is 15.1 Å². The first-order valence-electron chi connectivity index (χ1n) is 11.1. The first-order chi connectivity index (χ1) is 16.2. The predicted molar refractivity (Wildman–Crippen MR) is 137 cm³/mol. The molecule has 0 radical (unpaired) electrons. The summed E-state index contributed by atoms with van der Waals surface area (Å²) in [7, 11) is -3.51. The molecule has 0 N–H and O–H groups in total. The van der Waals surface area contributed by atoms with Crippen LogP contribution in [0.2, 0.25) is 0 Å². The third kappa shape index (κ3) is 4.74. The molecule has 1 amide bonds. The van der Waals surface area contributed by atoms with Gasteiger partial charge in [-0.3, -0.25) is 14.7 Å². The maximum atomic E-state index is 13.8. The number of fused-ring (bicyclic) bond motifs is 1. The van der Waals surface area contributed by atoms with Crippen LogP contribution in [0.4, 0.5) is 5.13 Å². The van der Waals surface area contributed by atoms with Crippen molar-refractivity contribution >= 4 is 42.4 Å². The van der Waals surface area contributed by atoms with Crippen LogP contribution in [0.1, 0.15) is 55.2 Å². The fourth-order valence-electron chi connectivity index (χ4n) is 3.65. The van der Waals surface area contributed by atoms with E-state index in [1.807, 2.05) is 30.3 Å². The van der Waals surface area contributed by atoms with Gasteiger partial charge in [0.05, 0.1) is 32.6 Å². The molecule has 0 spiro atoms. The summed E-state index contributed by atoms with van der Waals surface area (Å²) in [6, 6.07) is 17.8. The number of aromatic nitrogens is 2. The van der Waals surface area contributed by atoms with Crippen LogP contribution in [-0.4, -0.2) is 29.5 Å². The lowest BCUT2D eigenvalue weighted by atomic mass is 10.0. The van der Waals surface area contributed by atoms with Crippen LogP contribution >= 0.6 is 11.3 Å². The molecule has 2 aromatic carbocycles. The molecule has 0 fully saturated rings. The Morgan fingerprint density at radius 2 is 1.76 bits per heavy atom. The summed E-state index contributed by atoms with van der Waals surface area (Å²) >= 11 is 1.44. The lowest BCUT2D eigenvalue weighted by molar-refractivity contribution is 0.0984. The highest BCUT2D eigenvalue weighted by Gasteiger charge is 2.25. The van der Waals surface area contributed by atoms with Crippen molar-refractivity contribution in [1.29, 1.82) is 0 Å². The molecule has 0 unspecified atom stereocenters. The molecule has 0 bridgehead atoms. The number of carbonyl (C=O) groups excluding carboxylic acids is 1. The van der Waals surface area contributed by atoms with Gasteiger partial charge in [-0.25, -0.2) is 13.4 Å². The summed E-state index contributed by atoms with van der Waals surface area (Å²) in [6.45, 7) is 7.71. The molecule has 0 saturated heterocycles. The Morgan fingerprint density at radius 3 is 2.44 bits per heavy atom. The largest absolute Gasteiger partial charge is 0.278 e. The molecule has 4 aromatic rings. The van der Waals surface area contributed by atoms with Gasteiger partial charge < -0.3 is 0 Å². The molecule has 2 heterocycles. The molecule has 0 saturated carbocycles. The van der Waals surface area contributed by atoms with Gasteiger partial charge in [0.1, 0.15) is 0 Å². The van der Waals surface area contributed by atoms with Crippen LogP contribution in [0.15, 0.2) is 71.8 Å². The first-order valence-corrected chi connectivity index (χ1v) is 13.5. The van der Waals surface area contributed by atoms with Crippen molar-refractivity contribution in [1.82, 2.24) is 9.97 Å². The summed E-state index contributed by atoms with van der Waals surface area (Å²) < 4.78 is 26.4. The SMILES string of the molecule is CC(C)c1cccc2sc(N(Cc3ccccn3)C(=O)c3cccc(S(=O)(=O)C(C)C)c3)nc12. The van der Waals surface area contributed by atoms with E-state index >= 15 is 0 Å². The maximum Gasteiger partial charge on any atom is 0.260 e. The Labute approximate surface area is 204 Å². The van der Waals surface area contributed by atoms with Gasteiger partial charge in [0.15, 0.2) is 15.0 Å². The monoisotopic (exact) mass is 493 g/mol. The molecule has 0 atom stereocenters. The van der Waals surface area contributed by atoms with Crippen molar-refractivity contribution in [3.8, 4) is 0 Å². The molecule has 0 aliphatic heterocycles. The molecule has 2 aromatic heterocycles. The van der Waals surface area contributed by atoms with Gasteiger partial charge >= 0.3 is 0 Å². The van der Waals surface area contributed by atoms with Crippen molar-refractivity contribution in [2.24, 2.45) is 0 Å². The van der Waals surface area contributed by atoms with Gasteiger partial charge in [0, 0.05) is 11.8 Å². The molecule has 8 heteroatoms. The third-order valence-electron chi connectivity index (χ3n) is 5.61. The zero-order valence-electron chi connectivity index (χ0n) is 19.6. The maximum absolute atomic E-state index is 13.8. The number of amides is 1. The number of sulfone groups is 1. The second-order valence-electron chi connectivity index (χ2n) is 8.68. The summed E-state index contributed by atoms with van der Waals surface area (Å²) in [6.07, 6.45) is 1.68. The molecule has 0 aliphatic carbocycles. The summed E-state index contributed by atoms with van der Waals surface area (Å²) in [5, 5.41) is -0.0305. The highest BCUT2D eigenvalue weighted by molar-refractivity contribution is 7.92. The molecular formula is C26H27N3O3S2. The minimum Gasteiger partial charge on any atom is -0.278 e. The predicted octanol–water partition coefficient (Wildman–Crippen LogP) is 5.84. The summed E-state index contributed by atoms with van der Waals surface area (Å²) in [5.74, 6) is -0.0341. The lowest BCUT2D eigenvalue weighted by Gasteiger charge is -2.20. The Hall–Kier alpha value is -3.10. The van der Waals surface area contributed by atoms with Crippen molar-refractivity contribution < 1.29 is 13.2 Å². The van der Waals surface area contributed by atoms with E-state index in [0.717, 1.165) is 15.8 Å². The zero-order chi connectivity index (χ0) is 24.5. The third-order valence-corrected chi connectivity index (χ3v) is 8.81. The van der Waals surface area contributed by atoms with Crippen molar-refractivity contribution in [2.45, 2.75) is 50.3 Å². The van der Waals surface area contributed by atoms with E-state index in [1.54, 1.807) is 37.1 Å². The van der Waals surface area contributed by atoms with Crippen LogP contribution in [-0.2, 0) is 16.4 Å². The van der Waals surface area contributed by atoms with Gasteiger partial charge in [0.2, 0.25) is 0 Å². The Morgan fingerprint density at radius 1 is 1.00 bits per heavy atom. The standard InChI is InChI=1S/C26H27N3O3S2/c1-17(2)22-12-8-13-23-24(22)28-26(33-23)29(16-20-10-5-6-14-27-20)25(30)19-9-7-11-21(15-19)34(31,32)18(3)4/h5-15,17-18H,16H2,1-4H3. The van der Waals surface area contributed by atoms with Gasteiger partial charge in [0.25, 0.3) is 5.91 Å². The van der Waals surface area contributed by atoms with E-state index in [4.69, 9.17) is 4.98 Å². The molecule has 34 heavy (non-hydrogen) atoms. The summed E-state index contributed by atoms with van der Waals surface area (Å²) in [4.78, 5) is 24.7. The number of rotatable bonds is 7. The first kappa shape index (κ1) is 24.0.